The van der Waals surface area contributed by atoms with E-state index in [2.05, 4.69) is 15.3 Å². The molecule has 1 N–H and O–H groups in total. The number of anilines is 1. The molecule has 3 aromatic heterocycles. The Hall–Kier alpha value is -2.10. The lowest BCUT2D eigenvalue weighted by Gasteiger charge is -2.15. The molecule has 0 bridgehead atoms. The van der Waals surface area contributed by atoms with Gasteiger partial charge in [0.05, 0.1) is 11.9 Å². The van der Waals surface area contributed by atoms with E-state index >= 15 is 0 Å². The number of fused-ring (bicyclic) bond motifs is 1. The summed E-state index contributed by atoms with van der Waals surface area (Å²) < 4.78 is 1.46. The summed E-state index contributed by atoms with van der Waals surface area (Å²) in [6.07, 6.45) is 1.62. The third kappa shape index (κ3) is 3.63. The Morgan fingerprint density at radius 3 is 2.76 bits per heavy atom. The number of carbonyl (C=O) groups is 1. The second-order valence-electron chi connectivity index (χ2n) is 6.01. The molecule has 0 radical (unpaired) electrons. The van der Waals surface area contributed by atoms with Gasteiger partial charge in [-0.05, 0) is 33.5 Å². The maximum Gasteiger partial charge on any atom is 0.263 e. The predicted octanol–water partition coefficient (Wildman–Crippen LogP) is 2.23. The predicted molar refractivity (Wildman–Crippen MR) is 101 cm³/mol. The van der Waals surface area contributed by atoms with Crippen molar-refractivity contribution in [2.24, 2.45) is 0 Å². The first-order chi connectivity index (χ1) is 11.9. The number of hydrogen-bond acceptors (Lipinski definition) is 7. The molecule has 3 heterocycles. The van der Waals surface area contributed by atoms with Crippen molar-refractivity contribution in [2.45, 2.75) is 26.9 Å². The summed E-state index contributed by atoms with van der Waals surface area (Å²) in [5, 5.41) is 5.62. The van der Waals surface area contributed by atoms with E-state index in [1.165, 1.54) is 27.2 Å². The van der Waals surface area contributed by atoms with Gasteiger partial charge in [0, 0.05) is 16.5 Å². The van der Waals surface area contributed by atoms with Crippen molar-refractivity contribution in [2.75, 3.05) is 19.4 Å². The monoisotopic (exact) mass is 377 g/mol. The highest BCUT2D eigenvalue weighted by molar-refractivity contribution is 7.18. The average molecular weight is 377 g/mol. The van der Waals surface area contributed by atoms with Gasteiger partial charge in [-0.1, -0.05) is 0 Å². The third-order valence-corrected chi connectivity index (χ3v) is 5.60. The fourth-order valence-corrected chi connectivity index (χ4v) is 4.11. The first-order valence-corrected chi connectivity index (χ1v) is 9.40. The lowest BCUT2D eigenvalue weighted by atomic mass is 10.2. The number of thiophene rings is 1. The van der Waals surface area contributed by atoms with Crippen molar-refractivity contribution >= 4 is 43.9 Å². The van der Waals surface area contributed by atoms with Gasteiger partial charge in [0.1, 0.15) is 17.2 Å². The molecule has 0 fully saturated rings. The van der Waals surface area contributed by atoms with E-state index < -0.39 is 0 Å². The Morgan fingerprint density at radius 2 is 2.12 bits per heavy atom. The van der Waals surface area contributed by atoms with Crippen LogP contribution in [0.4, 0.5) is 5.13 Å². The first-order valence-electron chi connectivity index (χ1n) is 7.70. The summed E-state index contributed by atoms with van der Waals surface area (Å²) in [6.45, 7) is 4.29. The van der Waals surface area contributed by atoms with Crippen LogP contribution < -0.4 is 10.9 Å². The smallest absolute Gasteiger partial charge is 0.263 e. The molecule has 0 spiro atoms. The van der Waals surface area contributed by atoms with E-state index in [1.54, 1.807) is 11.6 Å². The molecule has 3 rings (SSSR count). The van der Waals surface area contributed by atoms with Crippen LogP contribution in [0.5, 0.6) is 0 Å². The molecule has 0 saturated carbocycles. The highest BCUT2D eigenvalue weighted by atomic mass is 32.1. The van der Waals surface area contributed by atoms with E-state index in [0.717, 1.165) is 15.3 Å². The van der Waals surface area contributed by atoms with E-state index in [9.17, 15) is 9.59 Å². The fourth-order valence-electron chi connectivity index (χ4n) is 2.52. The summed E-state index contributed by atoms with van der Waals surface area (Å²) in [6, 6.07) is 0. The highest BCUT2D eigenvalue weighted by Crippen LogP contribution is 2.26. The van der Waals surface area contributed by atoms with Gasteiger partial charge in [0.2, 0.25) is 5.91 Å². The zero-order valence-electron chi connectivity index (χ0n) is 14.5. The number of aryl methyl sites for hydroxylation is 2. The van der Waals surface area contributed by atoms with Gasteiger partial charge >= 0.3 is 0 Å². The topological polar surface area (TPSA) is 80.1 Å². The molecule has 0 aromatic carbocycles. The van der Waals surface area contributed by atoms with Crippen molar-refractivity contribution in [3.63, 3.8) is 0 Å². The van der Waals surface area contributed by atoms with Crippen molar-refractivity contribution in [3.05, 3.63) is 38.2 Å². The standard InChI is InChI=1S/C16H19N5O2S2/c1-9-10(2)25-14-13(9)15(23)21(11(18-14)7-20(3)4)8-12(22)19-16-17-5-6-24-16/h5-6H,7-8H2,1-4H3,(H,17,19,22). The Kier molecular flexibility index (Phi) is 4.98. The normalized spacial score (nSPS) is 11.4. The molecule has 1 amide bonds. The van der Waals surface area contributed by atoms with Crippen LogP contribution in [0.2, 0.25) is 0 Å². The van der Waals surface area contributed by atoms with Gasteiger partial charge < -0.3 is 10.2 Å². The molecule has 0 aliphatic rings. The molecule has 0 atom stereocenters. The Morgan fingerprint density at radius 1 is 1.36 bits per heavy atom. The van der Waals surface area contributed by atoms with Crippen LogP contribution in [0.15, 0.2) is 16.4 Å². The summed E-state index contributed by atoms with van der Waals surface area (Å²) in [5.41, 5.74) is 0.765. The second kappa shape index (κ2) is 7.03. The summed E-state index contributed by atoms with van der Waals surface area (Å²) in [7, 11) is 3.81. The Balaban J connectivity index is 2.04. The zero-order chi connectivity index (χ0) is 18.1. The number of nitrogens with zero attached hydrogens (tertiary/aromatic N) is 4. The number of rotatable bonds is 5. The van der Waals surface area contributed by atoms with Crippen molar-refractivity contribution in [1.82, 2.24) is 19.4 Å². The Labute approximate surface area is 153 Å². The van der Waals surface area contributed by atoms with E-state index in [1.807, 2.05) is 32.8 Å². The van der Waals surface area contributed by atoms with Crippen LogP contribution in [0.25, 0.3) is 10.2 Å². The summed E-state index contributed by atoms with van der Waals surface area (Å²) in [4.78, 5) is 37.8. The van der Waals surface area contributed by atoms with Crippen molar-refractivity contribution in [1.29, 1.82) is 0 Å². The van der Waals surface area contributed by atoms with E-state index in [4.69, 9.17) is 0 Å². The summed E-state index contributed by atoms with van der Waals surface area (Å²) >= 11 is 2.85. The van der Waals surface area contributed by atoms with Crippen molar-refractivity contribution < 1.29 is 4.79 Å². The van der Waals surface area contributed by atoms with Crippen LogP contribution in [0, 0.1) is 13.8 Å². The van der Waals surface area contributed by atoms with E-state index in [0.29, 0.717) is 22.9 Å². The van der Waals surface area contributed by atoms with Crippen LogP contribution in [0.1, 0.15) is 16.3 Å². The Bertz CT molecular complexity index is 973. The molecule has 0 aliphatic carbocycles. The number of hydrogen-bond donors (Lipinski definition) is 1. The van der Waals surface area contributed by atoms with Gasteiger partial charge in [-0.3, -0.25) is 14.2 Å². The fraction of sp³-hybridized carbons (Fsp3) is 0.375. The molecule has 9 heteroatoms. The van der Waals surface area contributed by atoms with Crippen LogP contribution in [0.3, 0.4) is 0 Å². The molecule has 3 aromatic rings. The molecular formula is C16H19N5O2S2. The minimum Gasteiger partial charge on any atom is -0.302 e. The van der Waals surface area contributed by atoms with Crippen molar-refractivity contribution in [3.8, 4) is 0 Å². The quantitative estimate of drug-likeness (QED) is 0.737. The molecule has 0 aliphatic heterocycles. The van der Waals surface area contributed by atoms with Crippen LogP contribution in [-0.2, 0) is 17.9 Å². The zero-order valence-corrected chi connectivity index (χ0v) is 16.1. The molecule has 132 valence electrons. The van der Waals surface area contributed by atoms with Crippen LogP contribution >= 0.6 is 22.7 Å². The number of aromatic nitrogens is 3. The molecular weight excluding hydrogens is 358 g/mol. The van der Waals surface area contributed by atoms with E-state index in [-0.39, 0.29) is 18.0 Å². The maximum absolute atomic E-state index is 13.0. The number of nitrogens with one attached hydrogen (secondary N) is 1. The van der Waals surface area contributed by atoms with Gasteiger partial charge in [0.25, 0.3) is 5.56 Å². The largest absolute Gasteiger partial charge is 0.302 e. The number of amides is 1. The SMILES string of the molecule is Cc1sc2nc(CN(C)C)n(CC(=O)Nc3nccs3)c(=O)c2c1C. The summed E-state index contributed by atoms with van der Waals surface area (Å²) in [5.74, 6) is 0.292. The first kappa shape index (κ1) is 17.7. The maximum atomic E-state index is 13.0. The lowest BCUT2D eigenvalue weighted by molar-refractivity contribution is -0.116. The molecule has 0 saturated heterocycles. The second-order valence-corrected chi connectivity index (χ2v) is 8.10. The van der Waals surface area contributed by atoms with Gasteiger partial charge in [-0.2, -0.15) is 0 Å². The van der Waals surface area contributed by atoms with Gasteiger partial charge in [-0.15, -0.1) is 22.7 Å². The highest BCUT2D eigenvalue weighted by Gasteiger charge is 2.18. The van der Waals surface area contributed by atoms with Crippen LogP contribution in [-0.4, -0.2) is 39.4 Å². The average Bonchev–Trinajstić information content (AvgIpc) is 3.12. The lowest BCUT2D eigenvalue weighted by Crippen LogP contribution is -2.32. The molecule has 0 unspecified atom stereocenters. The minimum absolute atomic E-state index is 0.0845. The third-order valence-electron chi connectivity index (χ3n) is 3.81. The minimum atomic E-state index is -0.289. The number of carbonyl (C=O) groups excluding carboxylic acids is 1. The van der Waals surface area contributed by atoms with Gasteiger partial charge in [0.15, 0.2) is 5.13 Å². The number of thiazole rings is 1. The molecule has 7 nitrogen and oxygen atoms in total. The molecule has 25 heavy (non-hydrogen) atoms. The van der Waals surface area contributed by atoms with Gasteiger partial charge in [-0.25, -0.2) is 9.97 Å².